The zero-order valence-corrected chi connectivity index (χ0v) is 18.3. The standard InChI is InChI=1S/C21H23ClFN3O6.H2O/c1-31-16-6-13-15(24-10-25-21(13)26-12-4-2-3-11(22)5-12)7-17(16)32-18(9-28)20(30)19(29)14(23)8-27;/h2-7,10,14,18-20,27-30H,8-9H2,1H3,(H,24,25,26);1H2/t14-,18-,19+,20+;/m1./s1. The van der Waals surface area contributed by atoms with Gasteiger partial charge < -0.3 is 40.7 Å². The molecule has 10 nitrogen and oxygen atoms in total. The fourth-order valence-electron chi connectivity index (χ4n) is 3.04. The highest BCUT2D eigenvalue weighted by atomic mass is 35.5. The Kier molecular flexibility index (Phi) is 9.53. The van der Waals surface area contributed by atoms with E-state index in [0.29, 0.717) is 27.4 Å². The Balaban J connectivity index is 0.00000385. The Morgan fingerprint density at radius 2 is 1.82 bits per heavy atom. The molecule has 3 aromatic rings. The molecule has 0 saturated carbocycles. The lowest BCUT2D eigenvalue weighted by Crippen LogP contribution is -2.48. The number of hydrogen-bond donors (Lipinski definition) is 5. The van der Waals surface area contributed by atoms with E-state index in [4.69, 9.17) is 26.2 Å². The number of nitrogens with zero attached hydrogens (tertiary/aromatic N) is 2. The van der Waals surface area contributed by atoms with Gasteiger partial charge in [0.2, 0.25) is 0 Å². The molecule has 1 aromatic heterocycles. The van der Waals surface area contributed by atoms with Gasteiger partial charge in [0.05, 0.1) is 25.8 Å². The van der Waals surface area contributed by atoms with Crippen molar-refractivity contribution < 1.29 is 39.8 Å². The number of halogens is 2. The van der Waals surface area contributed by atoms with Crippen LogP contribution >= 0.6 is 11.6 Å². The van der Waals surface area contributed by atoms with E-state index in [1.54, 1.807) is 24.3 Å². The number of aromatic nitrogens is 2. The van der Waals surface area contributed by atoms with Gasteiger partial charge in [-0.25, -0.2) is 14.4 Å². The van der Waals surface area contributed by atoms with Crippen LogP contribution in [0.3, 0.4) is 0 Å². The second kappa shape index (κ2) is 11.9. The summed E-state index contributed by atoms with van der Waals surface area (Å²) in [6.45, 7) is -1.72. The van der Waals surface area contributed by atoms with E-state index in [9.17, 15) is 19.7 Å². The summed E-state index contributed by atoms with van der Waals surface area (Å²) in [6, 6.07) is 10.2. The van der Waals surface area contributed by atoms with Gasteiger partial charge in [0.25, 0.3) is 0 Å². The number of nitrogens with one attached hydrogen (secondary N) is 1. The molecule has 1 heterocycles. The molecule has 0 aliphatic rings. The molecule has 0 spiro atoms. The molecule has 0 bridgehead atoms. The summed E-state index contributed by atoms with van der Waals surface area (Å²) >= 11 is 6.03. The fourth-order valence-corrected chi connectivity index (χ4v) is 3.23. The van der Waals surface area contributed by atoms with E-state index < -0.39 is 37.7 Å². The minimum absolute atomic E-state index is 0. The molecule has 0 aliphatic carbocycles. The first-order valence-corrected chi connectivity index (χ1v) is 9.99. The van der Waals surface area contributed by atoms with Gasteiger partial charge in [-0.2, -0.15) is 0 Å². The Morgan fingerprint density at radius 3 is 2.45 bits per heavy atom. The van der Waals surface area contributed by atoms with Crippen LogP contribution in [-0.2, 0) is 0 Å². The summed E-state index contributed by atoms with van der Waals surface area (Å²) in [5.74, 6) is 0.789. The van der Waals surface area contributed by atoms with Gasteiger partial charge in [0.15, 0.2) is 23.8 Å². The number of rotatable bonds is 10. The first-order valence-electron chi connectivity index (χ1n) is 9.61. The van der Waals surface area contributed by atoms with Crippen LogP contribution in [0.5, 0.6) is 11.5 Å². The number of aliphatic hydroxyl groups excluding tert-OH is 4. The fraction of sp³-hybridized carbons (Fsp3) is 0.333. The Bertz CT molecular complexity index is 1060. The highest BCUT2D eigenvalue weighted by molar-refractivity contribution is 6.30. The van der Waals surface area contributed by atoms with Crippen LogP contribution in [-0.4, -0.2) is 80.7 Å². The number of methoxy groups -OCH3 is 1. The quantitative estimate of drug-likeness (QED) is 0.281. The summed E-state index contributed by atoms with van der Waals surface area (Å²) in [4.78, 5) is 8.47. The molecule has 4 atom stereocenters. The van der Waals surface area contributed by atoms with E-state index in [-0.39, 0.29) is 17.0 Å². The molecule has 0 amide bonds. The second-order valence-corrected chi connectivity index (χ2v) is 7.33. The first-order chi connectivity index (χ1) is 15.4. The van der Waals surface area contributed by atoms with E-state index in [2.05, 4.69) is 15.3 Å². The minimum Gasteiger partial charge on any atom is -0.493 e. The molecule has 0 unspecified atom stereocenters. The largest absolute Gasteiger partial charge is 0.493 e. The zero-order valence-electron chi connectivity index (χ0n) is 17.5. The van der Waals surface area contributed by atoms with E-state index in [0.717, 1.165) is 0 Å². The van der Waals surface area contributed by atoms with Crippen molar-refractivity contribution in [2.45, 2.75) is 24.5 Å². The van der Waals surface area contributed by atoms with Crippen LogP contribution in [0.4, 0.5) is 15.9 Å². The van der Waals surface area contributed by atoms with Crippen LogP contribution < -0.4 is 14.8 Å². The molecule has 0 saturated heterocycles. The maximum absolute atomic E-state index is 13.6. The van der Waals surface area contributed by atoms with Crippen molar-refractivity contribution in [2.24, 2.45) is 0 Å². The van der Waals surface area contributed by atoms with Crippen LogP contribution in [0.2, 0.25) is 5.02 Å². The van der Waals surface area contributed by atoms with E-state index >= 15 is 0 Å². The molecule has 0 radical (unpaired) electrons. The van der Waals surface area contributed by atoms with Crippen molar-refractivity contribution in [3.05, 3.63) is 47.7 Å². The van der Waals surface area contributed by atoms with E-state index in [1.807, 2.05) is 6.07 Å². The maximum Gasteiger partial charge on any atom is 0.164 e. The second-order valence-electron chi connectivity index (χ2n) is 6.90. The predicted octanol–water partition coefficient (Wildman–Crippen LogP) is 1.00. The molecule has 33 heavy (non-hydrogen) atoms. The average Bonchev–Trinajstić information content (AvgIpc) is 2.80. The predicted molar refractivity (Wildman–Crippen MR) is 120 cm³/mol. The van der Waals surface area contributed by atoms with Crippen molar-refractivity contribution in [2.75, 3.05) is 25.6 Å². The summed E-state index contributed by atoms with van der Waals surface area (Å²) < 4.78 is 24.5. The van der Waals surface area contributed by atoms with Crippen LogP contribution in [0.15, 0.2) is 42.7 Å². The van der Waals surface area contributed by atoms with Crippen molar-refractivity contribution >= 4 is 34.0 Å². The number of anilines is 2. The van der Waals surface area contributed by atoms with Gasteiger partial charge in [-0.3, -0.25) is 0 Å². The van der Waals surface area contributed by atoms with Gasteiger partial charge in [-0.1, -0.05) is 17.7 Å². The average molecular weight is 486 g/mol. The molecular weight excluding hydrogens is 461 g/mol. The third-order valence-electron chi connectivity index (χ3n) is 4.74. The highest BCUT2D eigenvalue weighted by Crippen LogP contribution is 2.36. The Morgan fingerprint density at radius 1 is 1.06 bits per heavy atom. The molecule has 0 fully saturated rings. The van der Waals surface area contributed by atoms with Gasteiger partial charge in [0.1, 0.15) is 24.4 Å². The summed E-state index contributed by atoms with van der Waals surface area (Å²) in [7, 11) is 1.39. The van der Waals surface area contributed by atoms with Crippen LogP contribution in [0.25, 0.3) is 10.9 Å². The normalized spacial score (nSPS) is 14.6. The zero-order chi connectivity index (χ0) is 23.3. The first kappa shape index (κ1) is 26.5. The van der Waals surface area contributed by atoms with Crippen molar-refractivity contribution in [3.63, 3.8) is 0 Å². The number of ether oxygens (including phenoxy) is 2. The molecule has 7 N–H and O–H groups in total. The molecule has 0 aliphatic heterocycles. The number of fused-ring (bicyclic) bond motifs is 1. The molecule has 3 rings (SSSR count). The van der Waals surface area contributed by atoms with Gasteiger partial charge in [-0.15, -0.1) is 0 Å². The molecule has 180 valence electrons. The van der Waals surface area contributed by atoms with Gasteiger partial charge >= 0.3 is 0 Å². The lowest BCUT2D eigenvalue weighted by atomic mass is 10.0. The smallest absolute Gasteiger partial charge is 0.164 e. The van der Waals surface area contributed by atoms with Crippen LogP contribution in [0.1, 0.15) is 0 Å². The van der Waals surface area contributed by atoms with Gasteiger partial charge in [-0.05, 0) is 24.3 Å². The van der Waals surface area contributed by atoms with Crippen LogP contribution in [0, 0.1) is 0 Å². The number of alkyl halides is 1. The topological polar surface area (TPSA) is 169 Å². The number of hydrogen-bond acceptors (Lipinski definition) is 9. The maximum atomic E-state index is 13.6. The molecule has 12 heteroatoms. The van der Waals surface area contributed by atoms with Crippen molar-refractivity contribution in [3.8, 4) is 11.5 Å². The van der Waals surface area contributed by atoms with Crippen molar-refractivity contribution in [1.82, 2.24) is 9.97 Å². The lowest BCUT2D eigenvalue weighted by Gasteiger charge is -2.28. The van der Waals surface area contributed by atoms with Crippen molar-refractivity contribution in [1.29, 1.82) is 0 Å². The monoisotopic (exact) mass is 485 g/mol. The van der Waals surface area contributed by atoms with Gasteiger partial charge in [0, 0.05) is 22.2 Å². The Hall–Kier alpha value is -2.80. The summed E-state index contributed by atoms with van der Waals surface area (Å²) in [5, 5.41) is 42.7. The van der Waals surface area contributed by atoms with E-state index in [1.165, 1.54) is 19.5 Å². The SMILES string of the molecule is COc1cc2c(Nc3cccc(Cl)c3)ncnc2cc1O[C@H](CO)[C@H](O)[C@@H](O)[C@H](F)CO.O. The number of benzene rings is 2. The number of aliphatic hydroxyl groups is 4. The summed E-state index contributed by atoms with van der Waals surface area (Å²) in [6.07, 6.45) is -5.93. The molecule has 2 aromatic carbocycles. The molecular formula is C21H25ClFN3O7. The Labute approximate surface area is 193 Å². The third kappa shape index (κ3) is 6.16. The minimum atomic E-state index is -2.10. The highest BCUT2D eigenvalue weighted by Gasteiger charge is 2.34. The third-order valence-corrected chi connectivity index (χ3v) is 4.98. The lowest BCUT2D eigenvalue weighted by molar-refractivity contribution is -0.0981. The summed E-state index contributed by atoms with van der Waals surface area (Å²) in [5.41, 5.74) is 1.16.